The minimum Gasteiger partial charge on any atom is -0.382 e. The van der Waals surface area contributed by atoms with Crippen molar-refractivity contribution in [3.05, 3.63) is 53.7 Å². The fourth-order valence-electron chi connectivity index (χ4n) is 3.31. The van der Waals surface area contributed by atoms with E-state index in [1.807, 2.05) is 0 Å². The van der Waals surface area contributed by atoms with Gasteiger partial charge in [0.25, 0.3) is 0 Å². The first-order valence-corrected chi connectivity index (χ1v) is 11.6. The number of amides is 1. The van der Waals surface area contributed by atoms with Crippen molar-refractivity contribution in [3.63, 3.8) is 0 Å². The molecule has 4 aromatic rings. The number of pyridine rings is 1. The molecule has 0 saturated carbocycles. The van der Waals surface area contributed by atoms with E-state index in [4.69, 9.17) is 11.5 Å². The predicted molar refractivity (Wildman–Crippen MR) is 123 cm³/mol. The highest BCUT2D eigenvalue weighted by Gasteiger charge is 2.25. The van der Waals surface area contributed by atoms with E-state index in [0.717, 1.165) is 24.2 Å². The Morgan fingerprint density at radius 2 is 1.83 bits per heavy atom. The van der Waals surface area contributed by atoms with E-state index in [9.17, 15) is 22.0 Å². The Morgan fingerprint density at radius 1 is 1.17 bits per heavy atom. The summed E-state index contributed by atoms with van der Waals surface area (Å²) in [4.78, 5) is 25.1. The Balaban J connectivity index is 1.80. The van der Waals surface area contributed by atoms with E-state index < -0.39 is 27.8 Å². The molecule has 4 rings (SSSR count). The van der Waals surface area contributed by atoms with Crippen LogP contribution in [0.2, 0.25) is 0 Å². The van der Waals surface area contributed by atoms with Gasteiger partial charge in [-0.15, -0.1) is 0 Å². The Morgan fingerprint density at radius 3 is 2.46 bits per heavy atom. The topological polar surface area (TPSA) is 172 Å². The van der Waals surface area contributed by atoms with Crippen molar-refractivity contribution >= 4 is 44.6 Å². The van der Waals surface area contributed by atoms with Crippen molar-refractivity contribution in [1.82, 2.24) is 24.7 Å². The molecule has 0 aliphatic rings. The van der Waals surface area contributed by atoms with Crippen LogP contribution in [-0.2, 0) is 20.8 Å². The summed E-state index contributed by atoms with van der Waals surface area (Å²) in [7, 11) is -2.94. The molecular formula is C20H18F2N8O4S. The molecule has 0 spiro atoms. The van der Waals surface area contributed by atoms with Crippen LogP contribution in [0.25, 0.3) is 22.6 Å². The molecular weight excluding hydrogens is 486 g/mol. The molecule has 0 aliphatic carbocycles. The number of fused-ring (bicyclic) bond motifs is 1. The Hall–Kier alpha value is -4.40. The van der Waals surface area contributed by atoms with Gasteiger partial charge in [-0.3, -0.25) is 4.90 Å². The number of nitrogen functional groups attached to an aromatic ring is 2. The molecule has 0 radical (unpaired) electrons. The van der Waals surface area contributed by atoms with Crippen LogP contribution in [0.5, 0.6) is 0 Å². The molecule has 1 amide bonds. The largest absolute Gasteiger partial charge is 0.429 e. The van der Waals surface area contributed by atoms with Gasteiger partial charge in [0.2, 0.25) is 0 Å². The Labute approximate surface area is 197 Å². The number of carbonyl (C=O) groups excluding carboxylic acids is 1. The second kappa shape index (κ2) is 8.75. The molecule has 1 aromatic carbocycles. The molecule has 35 heavy (non-hydrogen) atoms. The number of benzene rings is 1. The lowest BCUT2D eigenvalue weighted by atomic mass is 10.2. The van der Waals surface area contributed by atoms with Gasteiger partial charge >= 0.3 is 16.2 Å². The summed E-state index contributed by atoms with van der Waals surface area (Å²) < 4.78 is 56.4. The number of anilines is 3. The number of nitrogens with two attached hydrogens (primary N) is 2. The maximum absolute atomic E-state index is 14.2. The quantitative estimate of drug-likeness (QED) is 0.382. The van der Waals surface area contributed by atoms with Crippen LogP contribution in [-0.4, -0.2) is 52.5 Å². The van der Waals surface area contributed by atoms with Crippen LogP contribution < -0.4 is 16.4 Å². The lowest BCUT2D eigenvalue weighted by Gasteiger charge is -2.19. The molecule has 0 saturated heterocycles. The van der Waals surface area contributed by atoms with Crippen LogP contribution >= 0.6 is 0 Å². The second-order valence-corrected chi connectivity index (χ2v) is 8.98. The van der Waals surface area contributed by atoms with E-state index in [-0.39, 0.29) is 46.4 Å². The number of nitrogens with zero attached hydrogens (tertiary/aromatic N) is 6. The van der Waals surface area contributed by atoms with Crippen molar-refractivity contribution in [2.24, 2.45) is 0 Å². The summed E-state index contributed by atoms with van der Waals surface area (Å²) in [6, 6.07) is 7.22. The lowest BCUT2D eigenvalue weighted by Crippen LogP contribution is -2.31. The van der Waals surface area contributed by atoms with Gasteiger partial charge in [-0.05, 0) is 12.1 Å². The SMILES string of the molecule is CN(C(=O)OS(C)(=O)=O)c1c(N)nc(-c2nn(Cc3ccccc3F)c3ncc(F)cc23)nc1N. The van der Waals surface area contributed by atoms with Gasteiger partial charge in [-0.2, -0.15) is 13.5 Å². The Kier molecular flexibility index (Phi) is 5.94. The molecule has 0 atom stereocenters. The molecule has 0 bridgehead atoms. The maximum atomic E-state index is 14.2. The zero-order chi connectivity index (χ0) is 25.5. The predicted octanol–water partition coefficient (Wildman–Crippen LogP) is 1.91. The van der Waals surface area contributed by atoms with Gasteiger partial charge in [-0.1, -0.05) is 18.2 Å². The Bertz CT molecular complexity index is 1550. The zero-order valence-electron chi connectivity index (χ0n) is 18.3. The first-order chi connectivity index (χ1) is 16.4. The third-order valence-electron chi connectivity index (χ3n) is 4.81. The average molecular weight is 504 g/mol. The lowest BCUT2D eigenvalue weighted by molar-refractivity contribution is 0.211. The van der Waals surface area contributed by atoms with Crippen molar-refractivity contribution in [2.45, 2.75) is 6.54 Å². The first kappa shape index (κ1) is 23.7. The van der Waals surface area contributed by atoms with Gasteiger partial charge in [0, 0.05) is 12.6 Å². The summed E-state index contributed by atoms with van der Waals surface area (Å²) in [6.07, 6.45) is 0.398. The number of carbonyl (C=O) groups is 1. The van der Waals surface area contributed by atoms with Crippen LogP contribution in [0.3, 0.4) is 0 Å². The maximum Gasteiger partial charge on any atom is 0.429 e. The van der Waals surface area contributed by atoms with Crippen molar-refractivity contribution in [3.8, 4) is 11.5 Å². The standard InChI is InChI=1S/C20H18F2N8O4S/c1-29(20(31)34-35(2,32)33)15-16(23)26-18(27-17(15)24)14-12-7-11(21)8-25-19(12)30(28-14)9-10-5-3-4-6-13(10)22/h3-8H,9H2,1-2H3,(H4,23,24,26,27). The minimum absolute atomic E-state index is 0.0229. The molecule has 0 aliphatic heterocycles. The molecule has 3 aromatic heterocycles. The van der Waals surface area contributed by atoms with E-state index in [1.54, 1.807) is 18.2 Å². The monoisotopic (exact) mass is 504 g/mol. The van der Waals surface area contributed by atoms with Crippen molar-refractivity contribution in [2.75, 3.05) is 29.7 Å². The summed E-state index contributed by atoms with van der Waals surface area (Å²) in [5.41, 5.74) is 12.3. The number of aromatic nitrogens is 5. The van der Waals surface area contributed by atoms with Gasteiger partial charge in [-0.25, -0.2) is 33.2 Å². The molecule has 0 unspecified atom stereocenters. The highest BCUT2D eigenvalue weighted by atomic mass is 32.2. The zero-order valence-corrected chi connectivity index (χ0v) is 19.1. The van der Waals surface area contributed by atoms with Crippen LogP contribution in [0.15, 0.2) is 36.5 Å². The summed E-state index contributed by atoms with van der Waals surface area (Å²) in [6.45, 7) is -0.0229. The van der Waals surface area contributed by atoms with Gasteiger partial charge in [0.15, 0.2) is 23.1 Å². The fraction of sp³-hybridized carbons (Fsp3) is 0.150. The molecule has 182 valence electrons. The summed E-state index contributed by atoms with van der Waals surface area (Å²) >= 11 is 0. The molecule has 15 heteroatoms. The smallest absolute Gasteiger partial charge is 0.382 e. The molecule has 3 heterocycles. The van der Waals surface area contributed by atoms with Crippen LogP contribution in [0.4, 0.5) is 30.9 Å². The van der Waals surface area contributed by atoms with Crippen LogP contribution in [0, 0.1) is 11.6 Å². The second-order valence-electron chi connectivity index (χ2n) is 7.40. The number of rotatable bonds is 5. The minimum atomic E-state index is -4.10. The van der Waals surface area contributed by atoms with Crippen LogP contribution in [0.1, 0.15) is 5.56 Å². The highest BCUT2D eigenvalue weighted by molar-refractivity contribution is 7.86. The normalized spacial score (nSPS) is 11.5. The summed E-state index contributed by atoms with van der Waals surface area (Å²) in [5, 5.41) is 4.58. The number of hydrogen-bond acceptors (Lipinski definition) is 10. The van der Waals surface area contributed by atoms with Crippen molar-refractivity contribution < 1.29 is 26.2 Å². The van der Waals surface area contributed by atoms with E-state index in [0.29, 0.717) is 11.8 Å². The first-order valence-electron chi connectivity index (χ1n) is 9.80. The third kappa shape index (κ3) is 4.79. The van der Waals surface area contributed by atoms with Gasteiger partial charge in [0.05, 0.1) is 24.4 Å². The van der Waals surface area contributed by atoms with Gasteiger partial charge in [0.1, 0.15) is 23.0 Å². The molecule has 12 nitrogen and oxygen atoms in total. The van der Waals surface area contributed by atoms with E-state index in [1.165, 1.54) is 10.7 Å². The summed E-state index contributed by atoms with van der Waals surface area (Å²) in [5.74, 6) is -1.86. The molecule has 0 fully saturated rings. The third-order valence-corrected chi connectivity index (χ3v) is 5.26. The highest BCUT2D eigenvalue weighted by Crippen LogP contribution is 2.32. The van der Waals surface area contributed by atoms with Crippen molar-refractivity contribution in [1.29, 1.82) is 0 Å². The number of halogens is 2. The number of hydrogen-bond donors (Lipinski definition) is 2. The van der Waals surface area contributed by atoms with E-state index in [2.05, 4.69) is 24.2 Å². The van der Waals surface area contributed by atoms with E-state index >= 15 is 0 Å². The molecule has 4 N–H and O–H groups in total. The fourth-order valence-corrected chi connectivity index (χ4v) is 3.68. The average Bonchev–Trinajstić information content (AvgIpc) is 3.11. The van der Waals surface area contributed by atoms with Gasteiger partial charge < -0.3 is 15.7 Å².